The smallest absolute Gasteiger partial charge is 0.307 e. The van der Waals surface area contributed by atoms with Gasteiger partial charge in [-0.15, -0.1) is 0 Å². The Labute approximate surface area is 92.9 Å². The summed E-state index contributed by atoms with van der Waals surface area (Å²) in [6.07, 6.45) is 1.60. The summed E-state index contributed by atoms with van der Waals surface area (Å²) in [6.45, 7) is 0.333. The van der Waals surface area contributed by atoms with Gasteiger partial charge >= 0.3 is 5.97 Å². The number of rotatable bonds is 5. The van der Waals surface area contributed by atoms with E-state index >= 15 is 0 Å². The third-order valence-corrected chi connectivity index (χ3v) is 1.92. The molecule has 1 aromatic carbocycles. The molecular weight excluding hydrogens is 216 g/mol. The lowest BCUT2D eigenvalue weighted by Gasteiger charge is -2.07. The molecule has 80 valence electrons. The van der Waals surface area contributed by atoms with Gasteiger partial charge in [0.2, 0.25) is 0 Å². The van der Waals surface area contributed by atoms with Gasteiger partial charge in [0.15, 0.2) is 0 Å². The van der Waals surface area contributed by atoms with Gasteiger partial charge in [-0.1, -0.05) is 29.8 Å². The van der Waals surface area contributed by atoms with E-state index in [9.17, 15) is 4.79 Å². The zero-order chi connectivity index (χ0) is 11.1. The molecule has 1 N–H and O–H groups in total. The van der Waals surface area contributed by atoms with Crippen molar-refractivity contribution in [2.75, 3.05) is 6.61 Å². The molecule has 0 spiro atoms. The maximum Gasteiger partial charge on any atom is 0.307 e. The van der Waals surface area contributed by atoms with Crippen molar-refractivity contribution in [3.8, 4) is 5.75 Å². The summed E-state index contributed by atoms with van der Waals surface area (Å²) >= 11 is 5.34. The Morgan fingerprint density at radius 3 is 2.87 bits per heavy atom. The highest BCUT2D eigenvalue weighted by Crippen LogP contribution is 2.18. The molecule has 1 aromatic rings. The van der Waals surface area contributed by atoms with Crippen LogP contribution in [0.2, 0.25) is 0 Å². The van der Waals surface area contributed by atoms with E-state index in [0.717, 1.165) is 0 Å². The first-order chi connectivity index (χ1) is 7.24. The second kappa shape index (κ2) is 6.09. The first-order valence-electron chi connectivity index (χ1n) is 4.41. The summed E-state index contributed by atoms with van der Waals surface area (Å²) in [4.78, 5) is 10.6. The van der Waals surface area contributed by atoms with Crippen LogP contribution in [0.5, 0.6) is 5.75 Å². The van der Waals surface area contributed by atoms with E-state index in [-0.39, 0.29) is 6.42 Å². The molecule has 0 atom stereocenters. The number of hydrogen-bond donors (Lipinski definition) is 1. The number of ether oxygens (including phenoxy) is 1. The van der Waals surface area contributed by atoms with Gasteiger partial charge in [0, 0.05) is 11.1 Å². The normalized spacial score (nSPS) is 10.5. The number of carbonyl (C=O) groups is 1. The molecule has 0 bridgehead atoms. The molecule has 0 heterocycles. The highest BCUT2D eigenvalue weighted by atomic mass is 35.5. The van der Waals surface area contributed by atoms with Gasteiger partial charge in [-0.05, 0) is 12.1 Å². The Morgan fingerprint density at radius 2 is 2.20 bits per heavy atom. The topological polar surface area (TPSA) is 46.5 Å². The Morgan fingerprint density at radius 1 is 1.47 bits per heavy atom. The van der Waals surface area contributed by atoms with Gasteiger partial charge in [-0.2, -0.15) is 0 Å². The van der Waals surface area contributed by atoms with Crippen LogP contribution in [0.3, 0.4) is 0 Å². The van der Waals surface area contributed by atoms with Crippen molar-refractivity contribution in [2.45, 2.75) is 6.42 Å². The van der Waals surface area contributed by atoms with Crippen LogP contribution >= 0.6 is 11.6 Å². The van der Waals surface area contributed by atoms with Crippen LogP contribution in [0.25, 0.3) is 0 Å². The molecule has 0 radical (unpaired) electrons. The maximum absolute atomic E-state index is 10.6. The second-order valence-electron chi connectivity index (χ2n) is 2.85. The Bertz CT molecular complexity index is 361. The van der Waals surface area contributed by atoms with Crippen molar-refractivity contribution in [3.63, 3.8) is 0 Å². The van der Waals surface area contributed by atoms with Crippen LogP contribution in [-0.4, -0.2) is 17.7 Å². The first kappa shape index (κ1) is 11.6. The molecule has 1 rings (SSSR count). The van der Waals surface area contributed by atoms with Gasteiger partial charge in [0.1, 0.15) is 12.4 Å². The van der Waals surface area contributed by atoms with E-state index in [2.05, 4.69) is 0 Å². The van der Waals surface area contributed by atoms with Crippen LogP contribution < -0.4 is 4.74 Å². The molecule has 0 fully saturated rings. The lowest BCUT2D eigenvalue weighted by Crippen LogP contribution is -2.03. The number of para-hydroxylation sites is 1. The number of benzene rings is 1. The molecule has 0 aliphatic carbocycles. The minimum Gasteiger partial charge on any atom is -0.489 e. The highest BCUT2D eigenvalue weighted by Gasteiger charge is 2.06. The first-order valence-corrected chi connectivity index (χ1v) is 4.85. The standard InChI is InChI=1S/C11H11ClO3/c12-6-3-7-15-10-5-2-1-4-9(10)8-11(13)14/h1-6H,7-8H2,(H,13,14)/b6-3+. The summed E-state index contributed by atoms with van der Waals surface area (Å²) < 4.78 is 5.34. The third kappa shape index (κ3) is 4.04. The Hall–Kier alpha value is -1.48. The SMILES string of the molecule is O=C(O)Cc1ccccc1OC/C=C/Cl. The van der Waals surface area contributed by atoms with E-state index in [4.69, 9.17) is 21.4 Å². The zero-order valence-corrected chi connectivity index (χ0v) is 8.78. The van der Waals surface area contributed by atoms with Crippen LogP contribution in [0.15, 0.2) is 35.9 Å². The predicted octanol–water partition coefficient (Wildman–Crippen LogP) is 2.45. The van der Waals surface area contributed by atoms with Gasteiger partial charge in [0.05, 0.1) is 6.42 Å². The number of carboxylic acid groups (broad SMARTS) is 1. The van der Waals surface area contributed by atoms with Crippen molar-refractivity contribution in [3.05, 3.63) is 41.4 Å². The lowest BCUT2D eigenvalue weighted by atomic mass is 10.1. The van der Waals surface area contributed by atoms with E-state index < -0.39 is 5.97 Å². The maximum atomic E-state index is 10.6. The molecule has 0 aromatic heterocycles. The van der Waals surface area contributed by atoms with Crippen LogP contribution in [0, 0.1) is 0 Å². The van der Waals surface area contributed by atoms with Gasteiger partial charge < -0.3 is 9.84 Å². The highest BCUT2D eigenvalue weighted by molar-refractivity contribution is 6.25. The molecule has 15 heavy (non-hydrogen) atoms. The van der Waals surface area contributed by atoms with Crippen molar-refractivity contribution in [1.82, 2.24) is 0 Å². The van der Waals surface area contributed by atoms with E-state index in [1.807, 2.05) is 0 Å². The molecule has 4 heteroatoms. The molecule has 0 unspecified atom stereocenters. The second-order valence-corrected chi connectivity index (χ2v) is 3.10. The fraction of sp³-hybridized carbons (Fsp3) is 0.182. The number of aliphatic carboxylic acids is 1. The van der Waals surface area contributed by atoms with Crippen LogP contribution in [0.4, 0.5) is 0 Å². The Balaban J connectivity index is 2.72. The minimum atomic E-state index is -0.876. The van der Waals surface area contributed by atoms with Crippen molar-refractivity contribution < 1.29 is 14.6 Å². The fourth-order valence-corrected chi connectivity index (χ4v) is 1.20. The third-order valence-electron chi connectivity index (χ3n) is 1.74. The van der Waals surface area contributed by atoms with E-state index in [0.29, 0.717) is 17.9 Å². The van der Waals surface area contributed by atoms with Crippen molar-refractivity contribution in [1.29, 1.82) is 0 Å². The fourth-order valence-electron chi connectivity index (χ4n) is 1.13. The summed E-state index contributed by atoms with van der Waals surface area (Å²) in [5.41, 5.74) is 2.02. The molecule has 0 amide bonds. The monoisotopic (exact) mass is 226 g/mol. The quantitative estimate of drug-likeness (QED) is 0.839. The Kier molecular flexibility index (Phi) is 4.71. The average molecular weight is 227 g/mol. The zero-order valence-electron chi connectivity index (χ0n) is 8.02. The number of carboxylic acids is 1. The summed E-state index contributed by atoms with van der Waals surface area (Å²) in [5.74, 6) is -0.298. The molecular formula is C11H11ClO3. The largest absolute Gasteiger partial charge is 0.489 e. The van der Waals surface area contributed by atoms with Crippen LogP contribution in [-0.2, 0) is 11.2 Å². The number of halogens is 1. The lowest BCUT2D eigenvalue weighted by molar-refractivity contribution is -0.136. The summed E-state index contributed by atoms with van der Waals surface area (Å²) in [6, 6.07) is 7.04. The van der Waals surface area contributed by atoms with Crippen molar-refractivity contribution in [2.24, 2.45) is 0 Å². The van der Waals surface area contributed by atoms with E-state index in [1.165, 1.54) is 5.54 Å². The molecule has 0 aliphatic heterocycles. The summed E-state index contributed by atoms with van der Waals surface area (Å²) in [7, 11) is 0. The molecule has 3 nitrogen and oxygen atoms in total. The number of hydrogen-bond acceptors (Lipinski definition) is 2. The molecule has 0 saturated carbocycles. The van der Waals surface area contributed by atoms with Gasteiger partial charge in [-0.3, -0.25) is 4.79 Å². The molecule has 0 aliphatic rings. The van der Waals surface area contributed by atoms with Gasteiger partial charge in [-0.25, -0.2) is 0 Å². The molecule has 0 saturated heterocycles. The van der Waals surface area contributed by atoms with Gasteiger partial charge in [0.25, 0.3) is 0 Å². The minimum absolute atomic E-state index is 0.0409. The van der Waals surface area contributed by atoms with Crippen molar-refractivity contribution >= 4 is 17.6 Å². The summed E-state index contributed by atoms with van der Waals surface area (Å²) in [5, 5.41) is 8.67. The van der Waals surface area contributed by atoms with Crippen LogP contribution in [0.1, 0.15) is 5.56 Å². The predicted molar refractivity (Wildman–Crippen MR) is 58.3 cm³/mol. The van der Waals surface area contributed by atoms with E-state index in [1.54, 1.807) is 30.3 Å². The average Bonchev–Trinajstić information content (AvgIpc) is 2.20.